The van der Waals surface area contributed by atoms with Crippen molar-refractivity contribution >= 4 is 17.0 Å². The first-order chi connectivity index (χ1) is 7.83. The van der Waals surface area contributed by atoms with Gasteiger partial charge in [-0.1, -0.05) is 17.7 Å². The second kappa shape index (κ2) is 3.91. The molecule has 0 spiro atoms. The highest BCUT2D eigenvalue weighted by Crippen LogP contribution is 2.32. The second-order valence-corrected chi connectivity index (χ2v) is 5.03. The molecule has 1 aromatic heterocycles. The normalized spacial score (nSPS) is 18.9. The van der Waals surface area contributed by atoms with E-state index in [1.54, 1.807) is 11.3 Å². The summed E-state index contributed by atoms with van der Waals surface area (Å²) < 4.78 is 0. The predicted molar refractivity (Wildman–Crippen MR) is 68.0 cm³/mol. The zero-order chi connectivity index (χ0) is 11.0. The molecular weight excluding hydrogens is 216 g/mol. The van der Waals surface area contributed by atoms with Crippen LogP contribution >= 0.6 is 11.3 Å². The van der Waals surface area contributed by atoms with Crippen molar-refractivity contribution in [2.75, 3.05) is 5.32 Å². The molecule has 1 atom stereocenters. The smallest absolute Gasteiger partial charge is 0.0795 e. The van der Waals surface area contributed by atoms with Gasteiger partial charge >= 0.3 is 0 Å². The molecule has 2 nitrogen and oxygen atoms in total. The van der Waals surface area contributed by atoms with Gasteiger partial charge in [-0.3, -0.25) is 0 Å². The number of nitrogens with zero attached hydrogens (tertiary/aromatic N) is 1. The lowest BCUT2D eigenvalue weighted by Crippen LogP contribution is -2.18. The predicted octanol–water partition coefficient (Wildman–Crippen LogP) is 3.55. The number of hydrogen-bond acceptors (Lipinski definition) is 3. The van der Waals surface area contributed by atoms with Gasteiger partial charge in [-0.15, -0.1) is 11.3 Å². The molecule has 0 amide bonds. The quantitative estimate of drug-likeness (QED) is 0.810. The van der Waals surface area contributed by atoms with Crippen LogP contribution in [0.1, 0.15) is 29.3 Å². The van der Waals surface area contributed by atoms with Crippen molar-refractivity contribution in [3.63, 3.8) is 0 Å². The summed E-state index contributed by atoms with van der Waals surface area (Å²) in [6.45, 7) is 2.15. The van der Waals surface area contributed by atoms with Crippen LogP contribution in [0, 0.1) is 6.92 Å². The summed E-state index contributed by atoms with van der Waals surface area (Å²) in [5, 5.41) is 5.71. The number of anilines is 1. The van der Waals surface area contributed by atoms with Gasteiger partial charge in [0.15, 0.2) is 0 Å². The van der Waals surface area contributed by atoms with E-state index in [4.69, 9.17) is 0 Å². The number of rotatable bonds is 1. The zero-order valence-electron chi connectivity index (χ0n) is 9.23. The Kier molecular flexibility index (Phi) is 2.40. The zero-order valence-corrected chi connectivity index (χ0v) is 10.1. The molecule has 3 heteroatoms. The van der Waals surface area contributed by atoms with Crippen molar-refractivity contribution in [2.24, 2.45) is 0 Å². The van der Waals surface area contributed by atoms with E-state index in [9.17, 15) is 0 Å². The van der Waals surface area contributed by atoms with Gasteiger partial charge in [0.2, 0.25) is 0 Å². The second-order valence-electron chi connectivity index (χ2n) is 4.31. The fraction of sp³-hybridized carbons (Fsp3) is 0.308. The fourth-order valence-corrected chi connectivity index (χ4v) is 2.85. The largest absolute Gasteiger partial charge is 0.376 e. The Morgan fingerprint density at radius 3 is 3.19 bits per heavy atom. The van der Waals surface area contributed by atoms with E-state index >= 15 is 0 Å². The van der Waals surface area contributed by atoms with E-state index in [2.05, 4.69) is 40.8 Å². The maximum Gasteiger partial charge on any atom is 0.0795 e. The van der Waals surface area contributed by atoms with Gasteiger partial charge < -0.3 is 5.32 Å². The molecule has 3 rings (SSSR count). The van der Waals surface area contributed by atoms with E-state index in [1.165, 1.54) is 22.5 Å². The van der Waals surface area contributed by atoms with E-state index < -0.39 is 0 Å². The topological polar surface area (TPSA) is 24.9 Å². The molecule has 0 fully saturated rings. The molecule has 2 heterocycles. The molecule has 2 aromatic rings. The SMILES string of the molecule is Cc1ccc2c(c1)CCC(c1cscn1)N2. The van der Waals surface area contributed by atoms with Crippen LogP contribution in [-0.4, -0.2) is 4.98 Å². The lowest BCUT2D eigenvalue weighted by Gasteiger charge is -2.26. The van der Waals surface area contributed by atoms with Crippen LogP contribution in [0.4, 0.5) is 5.69 Å². The molecule has 0 radical (unpaired) electrons. The molecule has 0 aliphatic carbocycles. The molecule has 0 saturated heterocycles. The summed E-state index contributed by atoms with van der Waals surface area (Å²) in [4.78, 5) is 4.39. The average Bonchev–Trinajstić information content (AvgIpc) is 2.82. The minimum absolute atomic E-state index is 0.390. The van der Waals surface area contributed by atoms with Crippen LogP contribution in [0.15, 0.2) is 29.1 Å². The van der Waals surface area contributed by atoms with Crippen LogP contribution in [0.2, 0.25) is 0 Å². The van der Waals surface area contributed by atoms with Crippen LogP contribution in [-0.2, 0) is 6.42 Å². The molecule has 1 aliphatic rings. The van der Waals surface area contributed by atoms with Crippen molar-refractivity contribution in [1.82, 2.24) is 4.98 Å². The molecule has 0 saturated carbocycles. The number of thiazole rings is 1. The minimum atomic E-state index is 0.390. The standard InChI is InChI=1S/C13H14N2S/c1-9-2-4-11-10(6-9)3-5-12(15-11)13-7-16-8-14-13/h2,4,6-8,12,15H,3,5H2,1H3. The van der Waals surface area contributed by atoms with E-state index in [1.807, 2.05) is 5.51 Å². The third-order valence-electron chi connectivity index (χ3n) is 3.10. The van der Waals surface area contributed by atoms with Gasteiger partial charge in [0.25, 0.3) is 0 Å². The Balaban J connectivity index is 1.89. The number of aryl methyl sites for hydroxylation is 2. The van der Waals surface area contributed by atoms with Gasteiger partial charge in [0, 0.05) is 11.1 Å². The first kappa shape index (κ1) is 9.85. The van der Waals surface area contributed by atoms with Gasteiger partial charge in [-0.2, -0.15) is 0 Å². The molecule has 0 bridgehead atoms. The Bertz CT molecular complexity index is 491. The molecule has 1 N–H and O–H groups in total. The third-order valence-corrected chi connectivity index (χ3v) is 3.71. The van der Waals surface area contributed by atoms with E-state index in [0.717, 1.165) is 12.8 Å². The third kappa shape index (κ3) is 1.71. The van der Waals surface area contributed by atoms with E-state index in [0.29, 0.717) is 6.04 Å². The van der Waals surface area contributed by atoms with Crippen molar-refractivity contribution < 1.29 is 0 Å². The molecule has 82 valence electrons. The van der Waals surface area contributed by atoms with Gasteiger partial charge in [-0.25, -0.2) is 4.98 Å². The average molecular weight is 230 g/mol. The monoisotopic (exact) mass is 230 g/mol. The summed E-state index contributed by atoms with van der Waals surface area (Å²) >= 11 is 1.67. The molecule has 16 heavy (non-hydrogen) atoms. The molecule has 1 aliphatic heterocycles. The first-order valence-electron chi connectivity index (χ1n) is 5.57. The first-order valence-corrected chi connectivity index (χ1v) is 6.51. The van der Waals surface area contributed by atoms with Gasteiger partial charge in [-0.05, 0) is 31.4 Å². The fourth-order valence-electron chi connectivity index (χ4n) is 2.25. The van der Waals surface area contributed by atoms with Gasteiger partial charge in [0.05, 0.1) is 17.2 Å². The summed E-state index contributed by atoms with van der Waals surface area (Å²) in [5.41, 5.74) is 7.13. The minimum Gasteiger partial charge on any atom is -0.376 e. The number of fused-ring (bicyclic) bond motifs is 1. The lowest BCUT2D eigenvalue weighted by atomic mass is 9.95. The van der Waals surface area contributed by atoms with E-state index in [-0.39, 0.29) is 0 Å². The van der Waals surface area contributed by atoms with Crippen LogP contribution in [0.3, 0.4) is 0 Å². The highest BCUT2D eigenvalue weighted by atomic mass is 32.1. The number of nitrogens with one attached hydrogen (secondary N) is 1. The summed E-state index contributed by atoms with van der Waals surface area (Å²) in [5.74, 6) is 0. The maximum absolute atomic E-state index is 4.39. The van der Waals surface area contributed by atoms with Crippen molar-refractivity contribution in [3.05, 3.63) is 45.9 Å². The number of hydrogen-bond donors (Lipinski definition) is 1. The summed E-state index contributed by atoms with van der Waals surface area (Å²) in [7, 11) is 0. The lowest BCUT2D eigenvalue weighted by molar-refractivity contribution is 0.654. The highest BCUT2D eigenvalue weighted by Gasteiger charge is 2.20. The van der Waals surface area contributed by atoms with Crippen LogP contribution < -0.4 is 5.32 Å². The number of benzene rings is 1. The van der Waals surface area contributed by atoms with Crippen molar-refractivity contribution in [1.29, 1.82) is 0 Å². The van der Waals surface area contributed by atoms with Crippen LogP contribution in [0.5, 0.6) is 0 Å². The van der Waals surface area contributed by atoms with Gasteiger partial charge in [0.1, 0.15) is 0 Å². The maximum atomic E-state index is 4.39. The summed E-state index contributed by atoms with van der Waals surface area (Å²) in [6.07, 6.45) is 2.28. The molecular formula is C13H14N2S. The summed E-state index contributed by atoms with van der Waals surface area (Å²) in [6, 6.07) is 7.01. The molecule has 1 unspecified atom stereocenters. The Hall–Kier alpha value is -1.35. The number of aromatic nitrogens is 1. The van der Waals surface area contributed by atoms with Crippen molar-refractivity contribution in [3.8, 4) is 0 Å². The van der Waals surface area contributed by atoms with Crippen LogP contribution in [0.25, 0.3) is 0 Å². The Labute approximate surface area is 99.4 Å². The molecule has 1 aromatic carbocycles. The Morgan fingerprint density at radius 1 is 1.44 bits per heavy atom. The Morgan fingerprint density at radius 2 is 2.38 bits per heavy atom. The highest BCUT2D eigenvalue weighted by molar-refractivity contribution is 7.07. The van der Waals surface area contributed by atoms with Crippen molar-refractivity contribution in [2.45, 2.75) is 25.8 Å².